The van der Waals surface area contributed by atoms with E-state index >= 15 is 0 Å². The monoisotopic (exact) mass is 415 g/mol. The Morgan fingerprint density at radius 3 is 2.24 bits per heavy atom. The Morgan fingerprint density at radius 2 is 1.72 bits per heavy atom. The van der Waals surface area contributed by atoms with Gasteiger partial charge in [0.2, 0.25) is 23.6 Å². The summed E-state index contributed by atoms with van der Waals surface area (Å²) in [5, 5.41) is 22.2. The Balaban J connectivity index is 2.71. The molecule has 0 aromatic heterocycles. The first-order valence-electron chi connectivity index (χ1n) is 8.83. The van der Waals surface area contributed by atoms with Crippen LogP contribution in [0.3, 0.4) is 0 Å². The summed E-state index contributed by atoms with van der Waals surface area (Å²) in [6.45, 7) is 1.51. The van der Waals surface area contributed by atoms with E-state index in [9.17, 15) is 28.8 Å². The number of aliphatic carboxylic acids is 2. The van der Waals surface area contributed by atoms with Gasteiger partial charge in [0.15, 0.2) is 0 Å². The van der Waals surface area contributed by atoms with Gasteiger partial charge in [-0.1, -0.05) is 0 Å². The van der Waals surface area contributed by atoms with Crippen molar-refractivity contribution in [2.45, 2.75) is 56.8 Å². The predicted octanol–water partition coefficient (Wildman–Crippen LogP) is -3.27. The van der Waals surface area contributed by atoms with Gasteiger partial charge >= 0.3 is 11.9 Å². The molecule has 1 heterocycles. The highest BCUT2D eigenvalue weighted by atomic mass is 16.4. The second-order valence-corrected chi connectivity index (χ2v) is 6.69. The minimum absolute atomic E-state index is 0.213. The fourth-order valence-corrected chi connectivity index (χ4v) is 2.86. The SMILES string of the molecule is CC(NC(=O)C1CCCN1C(=O)C(N)CC(=O)O)C(=O)NC(CC(N)=O)C(=O)O. The third kappa shape index (κ3) is 7.03. The summed E-state index contributed by atoms with van der Waals surface area (Å²) in [4.78, 5) is 70.8. The first-order chi connectivity index (χ1) is 13.4. The summed E-state index contributed by atoms with van der Waals surface area (Å²) >= 11 is 0. The molecule has 13 heteroatoms. The molecule has 0 aromatic rings. The average Bonchev–Trinajstić information content (AvgIpc) is 3.08. The van der Waals surface area contributed by atoms with Crippen LogP contribution in [0.25, 0.3) is 0 Å². The normalized spacial score (nSPS) is 19.0. The Kier molecular flexibility index (Phi) is 8.51. The van der Waals surface area contributed by atoms with Gasteiger partial charge in [0.25, 0.3) is 0 Å². The highest BCUT2D eigenvalue weighted by Gasteiger charge is 2.37. The molecule has 1 saturated heterocycles. The number of carboxylic acid groups (broad SMARTS) is 2. The van der Waals surface area contributed by atoms with Crippen molar-refractivity contribution in [2.24, 2.45) is 11.5 Å². The van der Waals surface area contributed by atoms with Crippen LogP contribution >= 0.6 is 0 Å². The molecule has 1 rings (SSSR count). The molecular weight excluding hydrogens is 390 g/mol. The number of hydrogen-bond donors (Lipinski definition) is 6. The third-order valence-electron chi connectivity index (χ3n) is 4.32. The molecule has 0 radical (unpaired) electrons. The number of rotatable bonds is 10. The summed E-state index contributed by atoms with van der Waals surface area (Å²) in [6, 6.07) is -4.94. The number of nitrogens with zero attached hydrogens (tertiary/aromatic N) is 1. The number of primary amides is 1. The largest absolute Gasteiger partial charge is 0.481 e. The molecule has 8 N–H and O–H groups in total. The van der Waals surface area contributed by atoms with Crippen LogP contribution in [0, 0.1) is 0 Å². The van der Waals surface area contributed by atoms with Crippen LogP contribution in [-0.2, 0) is 28.8 Å². The molecule has 4 unspecified atom stereocenters. The van der Waals surface area contributed by atoms with Crippen molar-refractivity contribution in [2.75, 3.05) is 6.54 Å². The molecule has 1 aliphatic heterocycles. The molecule has 0 bridgehead atoms. The Bertz CT molecular complexity index is 697. The zero-order chi connectivity index (χ0) is 22.3. The number of carbonyl (C=O) groups excluding carboxylic acids is 4. The molecule has 0 saturated carbocycles. The summed E-state index contributed by atoms with van der Waals surface area (Å²) in [5.41, 5.74) is 10.5. The van der Waals surface area contributed by atoms with E-state index in [1.54, 1.807) is 0 Å². The van der Waals surface area contributed by atoms with Crippen molar-refractivity contribution in [1.29, 1.82) is 0 Å². The summed E-state index contributed by atoms with van der Waals surface area (Å²) in [7, 11) is 0. The fraction of sp³-hybridized carbons (Fsp3) is 0.625. The quantitative estimate of drug-likeness (QED) is 0.210. The van der Waals surface area contributed by atoms with E-state index < -0.39 is 72.6 Å². The zero-order valence-corrected chi connectivity index (χ0v) is 15.8. The van der Waals surface area contributed by atoms with Crippen LogP contribution in [0.1, 0.15) is 32.6 Å². The highest BCUT2D eigenvalue weighted by molar-refractivity contribution is 5.95. The van der Waals surface area contributed by atoms with E-state index in [0.717, 1.165) is 0 Å². The number of nitrogens with one attached hydrogen (secondary N) is 2. The van der Waals surface area contributed by atoms with E-state index in [2.05, 4.69) is 10.6 Å². The van der Waals surface area contributed by atoms with Gasteiger partial charge in [-0.05, 0) is 19.8 Å². The summed E-state index contributed by atoms with van der Waals surface area (Å²) in [6.07, 6.45) is -0.415. The predicted molar refractivity (Wildman–Crippen MR) is 95.9 cm³/mol. The molecular formula is C16H25N5O8. The number of carbonyl (C=O) groups is 6. The Hall–Kier alpha value is -3.22. The average molecular weight is 415 g/mol. The van der Waals surface area contributed by atoms with Crippen molar-refractivity contribution in [3.8, 4) is 0 Å². The fourth-order valence-electron chi connectivity index (χ4n) is 2.86. The van der Waals surface area contributed by atoms with Crippen LogP contribution in [0.2, 0.25) is 0 Å². The van der Waals surface area contributed by atoms with Crippen LogP contribution in [0.4, 0.5) is 0 Å². The maximum atomic E-state index is 12.5. The minimum atomic E-state index is -1.54. The smallest absolute Gasteiger partial charge is 0.326 e. The van der Waals surface area contributed by atoms with E-state index in [4.69, 9.17) is 21.7 Å². The first kappa shape index (κ1) is 23.8. The van der Waals surface area contributed by atoms with E-state index in [0.29, 0.717) is 12.8 Å². The molecule has 4 atom stereocenters. The topological polar surface area (TPSA) is 222 Å². The van der Waals surface area contributed by atoms with Gasteiger partial charge in [0.1, 0.15) is 18.1 Å². The van der Waals surface area contributed by atoms with Crippen molar-refractivity contribution >= 4 is 35.6 Å². The van der Waals surface area contributed by atoms with Gasteiger partial charge in [-0.3, -0.25) is 24.0 Å². The number of amides is 4. The molecule has 1 fully saturated rings. The molecule has 0 aromatic carbocycles. The maximum absolute atomic E-state index is 12.5. The van der Waals surface area contributed by atoms with Gasteiger partial charge in [-0.25, -0.2) is 4.79 Å². The second kappa shape index (κ2) is 10.4. The van der Waals surface area contributed by atoms with E-state index in [-0.39, 0.29) is 6.54 Å². The van der Waals surface area contributed by atoms with Crippen LogP contribution in [0.5, 0.6) is 0 Å². The first-order valence-corrected chi connectivity index (χ1v) is 8.83. The highest BCUT2D eigenvalue weighted by Crippen LogP contribution is 2.19. The summed E-state index contributed by atoms with van der Waals surface area (Å²) < 4.78 is 0. The lowest BCUT2D eigenvalue weighted by molar-refractivity contribution is -0.144. The lowest BCUT2D eigenvalue weighted by atomic mass is 10.1. The van der Waals surface area contributed by atoms with E-state index in [1.807, 2.05) is 0 Å². The molecule has 0 aliphatic carbocycles. The lowest BCUT2D eigenvalue weighted by Gasteiger charge is -2.27. The molecule has 1 aliphatic rings. The third-order valence-corrected chi connectivity index (χ3v) is 4.32. The van der Waals surface area contributed by atoms with Gasteiger partial charge in [0.05, 0.1) is 18.9 Å². The number of nitrogens with two attached hydrogens (primary N) is 2. The lowest BCUT2D eigenvalue weighted by Crippen LogP contribution is -2.56. The summed E-state index contributed by atoms with van der Waals surface area (Å²) in [5.74, 6) is -5.84. The van der Waals surface area contributed by atoms with E-state index in [1.165, 1.54) is 11.8 Å². The standard InChI is InChI=1S/C16H25N5O8/c1-7(13(25)20-9(16(28)29)6-11(18)22)19-14(26)10-3-2-4-21(10)15(27)8(17)5-12(23)24/h7-10H,2-6,17H2,1H3,(H2,18,22)(H,19,26)(H,20,25)(H,23,24)(H,28,29). The molecule has 29 heavy (non-hydrogen) atoms. The van der Waals surface area contributed by atoms with Crippen LogP contribution in [0.15, 0.2) is 0 Å². The number of hydrogen-bond acceptors (Lipinski definition) is 7. The van der Waals surface area contributed by atoms with Crippen molar-refractivity contribution in [1.82, 2.24) is 15.5 Å². The zero-order valence-electron chi connectivity index (χ0n) is 15.8. The molecule has 13 nitrogen and oxygen atoms in total. The maximum Gasteiger partial charge on any atom is 0.326 e. The number of likely N-dealkylation sites (tertiary alicyclic amines) is 1. The van der Waals surface area contributed by atoms with Crippen molar-refractivity contribution < 1.29 is 39.0 Å². The van der Waals surface area contributed by atoms with Gasteiger partial charge < -0.3 is 37.2 Å². The van der Waals surface area contributed by atoms with Gasteiger partial charge in [-0.2, -0.15) is 0 Å². The molecule has 4 amide bonds. The Morgan fingerprint density at radius 1 is 1.10 bits per heavy atom. The van der Waals surface area contributed by atoms with Crippen LogP contribution < -0.4 is 22.1 Å². The minimum Gasteiger partial charge on any atom is -0.481 e. The van der Waals surface area contributed by atoms with Crippen LogP contribution in [-0.4, -0.2) is 81.4 Å². The van der Waals surface area contributed by atoms with Crippen molar-refractivity contribution in [3.05, 3.63) is 0 Å². The Labute approximate surface area is 165 Å². The molecule has 162 valence electrons. The van der Waals surface area contributed by atoms with Gasteiger partial charge in [-0.15, -0.1) is 0 Å². The second-order valence-electron chi connectivity index (χ2n) is 6.69. The van der Waals surface area contributed by atoms with Crippen molar-refractivity contribution in [3.63, 3.8) is 0 Å². The molecule has 0 spiro atoms. The number of carboxylic acids is 2. The van der Waals surface area contributed by atoms with Gasteiger partial charge in [0, 0.05) is 6.54 Å².